The molecule has 0 aliphatic carbocycles. The topological polar surface area (TPSA) is 22.0 Å². The summed E-state index contributed by atoms with van der Waals surface area (Å²) >= 11 is 3.31. The van der Waals surface area contributed by atoms with E-state index in [1.54, 1.807) is 4.57 Å². The van der Waals surface area contributed by atoms with Crippen LogP contribution in [0.3, 0.4) is 0 Å². The zero-order valence-corrected chi connectivity index (χ0v) is 10.1. The van der Waals surface area contributed by atoms with Crippen LogP contribution < -0.4 is 5.56 Å². The Morgan fingerprint density at radius 1 is 1.43 bits per heavy atom. The Hall–Kier alpha value is -0.570. The molecule has 3 heteroatoms. The maximum Gasteiger partial charge on any atom is 0.254 e. The molecule has 0 fully saturated rings. The van der Waals surface area contributed by atoms with E-state index in [2.05, 4.69) is 22.9 Å². The molecule has 78 valence electrons. The van der Waals surface area contributed by atoms with Gasteiger partial charge in [0.15, 0.2) is 0 Å². The molecule has 0 bridgehead atoms. The van der Waals surface area contributed by atoms with Crippen LogP contribution in [-0.2, 0) is 11.9 Å². The fraction of sp³-hybridized carbons (Fsp3) is 0.545. The van der Waals surface area contributed by atoms with Crippen LogP contribution in [0, 0.1) is 0 Å². The Morgan fingerprint density at radius 3 is 2.86 bits per heavy atom. The number of aromatic nitrogens is 1. The highest BCUT2D eigenvalue weighted by molar-refractivity contribution is 9.08. The largest absolute Gasteiger partial charge is 0.315 e. The number of rotatable bonds is 5. The molecule has 0 saturated carbocycles. The van der Waals surface area contributed by atoms with Gasteiger partial charge in [0.05, 0.1) is 0 Å². The van der Waals surface area contributed by atoms with Gasteiger partial charge in [-0.25, -0.2) is 0 Å². The number of halogens is 1. The molecule has 0 spiro atoms. The number of aryl methyl sites for hydroxylation is 1. The van der Waals surface area contributed by atoms with Crippen molar-refractivity contribution in [1.82, 2.24) is 4.57 Å². The van der Waals surface area contributed by atoms with E-state index in [0.29, 0.717) is 5.33 Å². The van der Waals surface area contributed by atoms with Gasteiger partial charge in [0.25, 0.3) is 5.56 Å². The van der Waals surface area contributed by atoms with Crippen LogP contribution in [-0.4, -0.2) is 4.57 Å². The number of pyridine rings is 1. The Morgan fingerprint density at radius 2 is 2.21 bits per heavy atom. The van der Waals surface area contributed by atoms with E-state index in [-0.39, 0.29) is 5.56 Å². The van der Waals surface area contributed by atoms with Crippen LogP contribution in [0.2, 0.25) is 0 Å². The van der Waals surface area contributed by atoms with Gasteiger partial charge < -0.3 is 4.57 Å². The van der Waals surface area contributed by atoms with Crippen molar-refractivity contribution >= 4 is 15.9 Å². The molecule has 0 unspecified atom stereocenters. The van der Waals surface area contributed by atoms with Gasteiger partial charge in [-0.15, -0.1) is 0 Å². The third-order valence-electron chi connectivity index (χ3n) is 2.25. The minimum absolute atomic E-state index is 0.139. The molecule has 0 N–H and O–H groups in total. The highest BCUT2D eigenvalue weighted by Crippen LogP contribution is 2.00. The SMILES string of the molecule is CCCCCn1cccc(CBr)c1=O. The highest BCUT2D eigenvalue weighted by atomic mass is 79.9. The molecule has 1 aromatic heterocycles. The summed E-state index contributed by atoms with van der Waals surface area (Å²) in [5.41, 5.74) is 0.976. The maximum absolute atomic E-state index is 11.7. The Labute approximate surface area is 93.1 Å². The fourth-order valence-corrected chi connectivity index (χ4v) is 1.82. The third kappa shape index (κ3) is 2.98. The average Bonchev–Trinajstić information content (AvgIpc) is 2.21. The number of nitrogens with zero attached hydrogens (tertiary/aromatic N) is 1. The standard InChI is InChI=1S/C11H16BrNO/c1-2-3-4-7-13-8-5-6-10(9-12)11(13)14/h5-6,8H,2-4,7,9H2,1H3. The molecule has 0 aliphatic heterocycles. The van der Waals surface area contributed by atoms with Crippen LogP contribution in [0.15, 0.2) is 23.1 Å². The Kier molecular flexibility index (Phi) is 4.94. The molecule has 1 rings (SSSR count). The van der Waals surface area contributed by atoms with Crippen LogP contribution >= 0.6 is 15.9 Å². The lowest BCUT2D eigenvalue weighted by atomic mass is 10.2. The van der Waals surface area contributed by atoms with Gasteiger partial charge in [-0.1, -0.05) is 41.8 Å². The van der Waals surface area contributed by atoms with Gasteiger partial charge in [-0.2, -0.15) is 0 Å². The minimum atomic E-state index is 0.139. The first-order valence-electron chi connectivity index (χ1n) is 5.04. The second kappa shape index (κ2) is 6.02. The smallest absolute Gasteiger partial charge is 0.254 e. The Balaban J connectivity index is 2.72. The van der Waals surface area contributed by atoms with Crippen LogP contribution in [0.5, 0.6) is 0 Å². The summed E-state index contributed by atoms with van der Waals surface area (Å²) in [6.45, 7) is 3.01. The first-order chi connectivity index (χ1) is 6.79. The highest BCUT2D eigenvalue weighted by Gasteiger charge is 2.00. The van der Waals surface area contributed by atoms with Crippen molar-refractivity contribution in [2.45, 2.75) is 38.1 Å². The summed E-state index contributed by atoms with van der Waals surface area (Å²) in [4.78, 5) is 11.7. The van der Waals surface area contributed by atoms with Crippen molar-refractivity contribution in [3.63, 3.8) is 0 Å². The first kappa shape index (κ1) is 11.5. The first-order valence-corrected chi connectivity index (χ1v) is 6.16. The lowest BCUT2D eigenvalue weighted by molar-refractivity contribution is 0.585. The van der Waals surface area contributed by atoms with Crippen molar-refractivity contribution in [3.8, 4) is 0 Å². The van der Waals surface area contributed by atoms with Gasteiger partial charge in [0, 0.05) is 23.6 Å². The van der Waals surface area contributed by atoms with Crippen molar-refractivity contribution in [2.75, 3.05) is 0 Å². The maximum atomic E-state index is 11.7. The quantitative estimate of drug-likeness (QED) is 0.588. The number of hydrogen-bond donors (Lipinski definition) is 0. The molecule has 1 heterocycles. The van der Waals surface area contributed by atoms with E-state index in [0.717, 1.165) is 18.5 Å². The molecule has 0 saturated heterocycles. The van der Waals surface area contributed by atoms with Crippen LogP contribution in [0.25, 0.3) is 0 Å². The third-order valence-corrected chi connectivity index (χ3v) is 2.85. The molecule has 0 atom stereocenters. The van der Waals surface area contributed by atoms with Crippen LogP contribution in [0.1, 0.15) is 31.7 Å². The summed E-state index contributed by atoms with van der Waals surface area (Å²) in [5, 5.41) is 0.639. The normalized spacial score (nSPS) is 10.4. The van der Waals surface area contributed by atoms with E-state index in [9.17, 15) is 4.79 Å². The van der Waals surface area contributed by atoms with Gasteiger partial charge in [0.1, 0.15) is 0 Å². The number of unbranched alkanes of at least 4 members (excludes halogenated alkanes) is 2. The van der Waals surface area contributed by atoms with Gasteiger partial charge >= 0.3 is 0 Å². The van der Waals surface area contributed by atoms with E-state index >= 15 is 0 Å². The summed E-state index contributed by atoms with van der Waals surface area (Å²) in [6.07, 6.45) is 5.32. The molecule has 14 heavy (non-hydrogen) atoms. The summed E-state index contributed by atoms with van der Waals surface area (Å²) in [7, 11) is 0. The predicted octanol–water partition coefficient (Wildman–Crippen LogP) is 2.93. The van der Waals surface area contributed by atoms with Gasteiger partial charge in [-0.3, -0.25) is 4.79 Å². The summed E-state index contributed by atoms with van der Waals surface area (Å²) < 4.78 is 1.80. The summed E-state index contributed by atoms with van der Waals surface area (Å²) in [6, 6.07) is 3.80. The van der Waals surface area contributed by atoms with Gasteiger partial charge in [-0.05, 0) is 12.5 Å². The molecule has 2 nitrogen and oxygen atoms in total. The molecular weight excluding hydrogens is 242 g/mol. The number of alkyl halides is 1. The molecule has 0 amide bonds. The monoisotopic (exact) mass is 257 g/mol. The van der Waals surface area contributed by atoms with Crippen molar-refractivity contribution in [3.05, 3.63) is 34.2 Å². The predicted molar refractivity (Wildman–Crippen MR) is 62.9 cm³/mol. The minimum Gasteiger partial charge on any atom is -0.315 e. The lowest BCUT2D eigenvalue weighted by Gasteiger charge is -2.05. The van der Waals surface area contributed by atoms with Crippen molar-refractivity contribution < 1.29 is 0 Å². The molecule has 0 aromatic carbocycles. The second-order valence-electron chi connectivity index (χ2n) is 3.37. The average molecular weight is 258 g/mol. The Bertz CT molecular complexity index is 332. The zero-order valence-electron chi connectivity index (χ0n) is 8.50. The molecular formula is C11H16BrNO. The summed E-state index contributed by atoms with van der Waals surface area (Å²) in [5.74, 6) is 0. The molecule has 0 aliphatic rings. The molecule has 0 radical (unpaired) electrons. The van der Waals surface area contributed by atoms with Crippen molar-refractivity contribution in [1.29, 1.82) is 0 Å². The zero-order chi connectivity index (χ0) is 10.4. The van der Waals surface area contributed by atoms with E-state index in [1.807, 2.05) is 18.3 Å². The number of hydrogen-bond acceptors (Lipinski definition) is 1. The van der Waals surface area contributed by atoms with Crippen molar-refractivity contribution in [2.24, 2.45) is 0 Å². The van der Waals surface area contributed by atoms with Crippen LogP contribution in [0.4, 0.5) is 0 Å². The fourth-order valence-electron chi connectivity index (χ4n) is 1.40. The van der Waals surface area contributed by atoms with E-state index in [1.165, 1.54) is 12.8 Å². The second-order valence-corrected chi connectivity index (χ2v) is 3.93. The molecule has 1 aromatic rings. The van der Waals surface area contributed by atoms with E-state index in [4.69, 9.17) is 0 Å². The van der Waals surface area contributed by atoms with Gasteiger partial charge in [0.2, 0.25) is 0 Å². The van der Waals surface area contributed by atoms with E-state index < -0.39 is 0 Å². The lowest BCUT2D eigenvalue weighted by Crippen LogP contribution is -2.22.